The lowest BCUT2D eigenvalue weighted by Gasteiger charge is -2.22. The number of rotatable bonds is 7. The van der Waals surface area contributed by atoms with Crippen molar-refractivity contribution in [3.8, 4) is 17.1 Å². The molecule has 0 fully saturated rings. The third-order valence-corrected chi connectivity index (χ3v) is 4.38. The number of pyridine rings is 1. The molecule has 1 aromatic carbocycles. The fourth-order valence-electron chi connectivity index (χ4n) is 3.01. The number of ether oxygens (including phenoxy) is 2. The van der Waals surface area contributed by atoms with Gasteiger partial charge < -0.3 is 20.1 Å². The minimum absolute atomic E-state index is 0.207. The van der Waals surface area contributed by atoms with Gasteiger partial charge in [0.2, 0.25) is 0 Å². The van der Waals surface area contributed by atoms with E-state index in [2.05, 4.69) is 35.8 Å². The van der Waals surface area contributed by atoms with E-state index < -0.39 is 11.3 Å². The Morgan fingerprint density at radius 2 is 1.88 bits per heavy atom. The van der Waals surface area contributed by atoms with Crippen molar-refractivity contribution in [2.45, 2.75) is 5.24 Å². The molecule has 3 aromatic rings. The van der Waals surface area contributed by atoms with Gasteiger partial charge in [-0.3, -0.25) is 14.8 Å². The van der Waals surface area contributed by atoms with Crippen LogP contribution >= 0.6 is 0 Å². The van der Waals surface area contributed by atoms with Crippen LogP contribution in [-0.2, 0) is 11.8 Å². The van der Waals surface area contributed by atoms with Crippen LogP contribution in [0.15, 0.2) is 36.8 Å². The molecule has 3 rings (SSSR count). The highest BCUT2D eigenvalue weighted by atomic mass is 16.5. The molecule has 0 aliphatic carbocycles. The highest BCUT2D eigenvalue weighted by Crippen LogP contribution is 2.37. The van der Waals surface area contributed by atoms with Crippen molar-refractivity contribution in [2.75, 3.05) is 24.9 Å². The topological polar surface area (TPSA) is 132 Å². The molecule has 0 saturated carbocycles. The van der Waals surface area contributed by atoms with Crippen LogP contribution in [0.5, 0.6) is 5.75 Å². The van der Waals surface area contributed by atoms with Gasteiger partial charge in [0, 0.05) is 19.3 Å². The first-order valence-electron chi connectivity index (χ1n) is 10.1. The summed E-state index contributed by atoms with van der Waals surface area (Å²) in [6, 6.07) is 6.99. The van der Waals surface area contributed by atoms with Crippen LogP contribution in [-0.4, -0.2) is 74.7 Å². The first kappa shape index (κ1) is 23.7. The molecule has 2 heterocycles. The predicted molar refractivity (Wildman–Crippen MR) is 132 cm³/mol. The number of hydrogen-bond donors (Lipinski definition) is 3. The monoisotopic (exact) mass is 447 g/mol. The SMILES string of the molecule is BC(B)(B)NC(=O)c1cnc(NC(=O)OC)cc1Nc1cccc(-c2ncn(C)n2)c1OC. The van der Waals surface area contributed by atoms with Crippen LogP contribution in [0.2, 0.25) is 0 Å². The maximum Gasteiger partial charge on any atom is 0.412 e. The summed E-state index contributed by atoms with van der Waals surface area (Å²) in [5, 5.41) is 12.5. The second-order valence-corrected chi connectivity index (χ2v) is 8.19. The van der Waals surface area contributed by atoms with E-state index in [0.29, 0.717) is 28.5 Å². The zero-order chi connectivity index (χ0) is 24.2. The smallest absolute Gasteiger partial charge is 0.412 e. The Balaban J connectivity index is 2.06. The summed E-state index contributed by atoms with van der Waals surface area (Å²) < 4.78 is 11.9. The fraction of sp³-hybridized carbons (Fsp3) is 0.211. The van der Waals surface area contributed by atoms with Gasteiger partial charge in [-0.1, -0.05) is 6.07 Å². The van der Waals surface area contributed by atoms with Gasteiger partial charge in [0.05, 0.1) is 36.7 Å². The predicted octanol–water partition coefficient (Wildman–Crippen LogP) is -0.952. The number of methoxy groups -OCH3 is 2. The molecule has 0 aliphatic heterocycles. The number of carbonyl (C=O) groups excluding carboxylic acids is 2. The number of para-hydroxylation sites is 1. The van der Waals surface area contributed by atoms with Gasteiger partial charge in [-0.05, 0) is 17.4 Å². The van der Waals surface area contributed by atoms with Crippen LogP contribution in [0.25, 0.3) is 11.4 Å². The average molecular weight is 447 g/mol. The van der Waals surface area contributed by atoms with Gasteiger partial charge in [0.25, 0.3) is 5.91 Å². The molecule has 2 amide bonds. The van der Waals surface area contributed by atoms with Gasteiger partial charge in [-0.25, -0.2) is 14.8 Å². The molecule has 0 bridgehead atoms. The normalized spacial score (nSPS) is 10.9. The van der Waals surface area contributed by atoms with E-state index in [1.54, 1.807) is 30.2 Å². The molecule has 11 nitrogen and oxygen atoms in total. The maximum absolute atomic E-state index is 12.9. The Morgan fingerprint density at radius 1 is 1.12 bits per heavy atom. The molecule has 0 saturated heterocycles. The third-order valence-electron chi connectivity index (χ3n) is 4.38. The van der Waals surface area contributed by atoms with Crippen LogP contribution in [0.3, 0.4) is 0 Å². The number of amides is 2. The third kappa shape index (κ3) is 5.85. The van der Waals surface area contributed by atoms with Gasteiger partial charge in [-0.2, -0.15) is 5.10 Å². The summed E-state index contributed by atoms with van der Waals surface area (Å²) in [6.45, 7) is 0. The number of benzene rings is 1. The minimum Gasteiger partial charge on any atom is -0.494 e. The molecule has 33 heavy (non-hydrogen) atoms. The lowest BCUT2D eigenvalue weighted by Crippen LogP contribution is -2.50. The summed E-state index contributed by atoms with van der Waals surface area (Å²) >= 11 is 0. The molecular weight excluding hydrogens is 423 g/mol. The van der Waals surface area contributed by atoms with Crippen molar-refractivity contribution in [3.05, 3.63) is 42.4 Å². The zero-order valence-electron chi connectivity index (χ0n) is 19.4. The van der Waals surface area contributed by atoms with Crippen molar-refractivity contribution < 1.29 is 19.1 Å². The second-order valence-electron chi connectivity index (χ2n) is 8.19. The zero-order valence-corrected chi connectivity index (χ0v) is 19.4. The Morgan fingerprint density at radius 3 is 2.48 bits per heavy atom. The van der Waals surface area contributed by atoms with Gasteiger partial charge in [0.15, 0.2) is 11.6 Å². The molecule has 0 aliphatic rings. The van der Waals surface area contributed by atoms with Crippen molar-refractivity contribution in [1.82, 2.24) is 25.1 Å². The molecule has 14 heteroatoms. The van der Waals surface area contributed by atoms with Gasteiger partial charge >= 0.3 is 6.09 Å². The van der Waals surface area contributed by atoms with Crippen molar-refractivity contribution in [3.63, 3.8) is 0 Å². The minimum atomic E-state index is -0.679. The molecule has 0 radical (unpaired) electrons. The Hall–Kier alpha value is -3.96. The van der Waals surface area contributed by atoms with E-state index in [0.717, 1.165) is 0 Å². The Labute approximate surface area is 193 Å². The number of anilines is 3. The molecule has 0 spiro atoms. The van der Waals surface area contributed by atoms with E-state index in [1.165, 1.54) is 20.4 Å². The molecule has 0 atom stereocenters. The number of aromatic nitrogens is 4. The number of aryl methyl sites for hydroxylation is 1. The quantitative estimate of drug-likeness (QED) is 0.396. The average Bonchev–Trinajstić information content (AvgIpc) is 3.18. The van der Waals surface area contributed by atoms with Crippen LogP contribution in [0, 0.1) is 0 Å². The standard InChI is InChI=1S/C19H24B3N7O4/c1-29-9-24-16(28-29)10-5-4-6-12(15(10)32-2)25-13-7-14(26-18(31)33-3)23-8-11(13)17(30)27-19(20,21)22/h4-9H,20-22H2,1-3H3,(H,27,30)(H2,23,25,26,31). The van der Waals surface area contributed by atoms with E-state index in [9.17, 15) is 9.59 Å². The van der Waals surface area contributed by atoms with Gasteiger partial charge in [-0.15, -0.1) is 0 Å². The molecular formula is C19H24B3N7O4. The van der Waals surface area contributed by atoms with E-state index >= 15 is 0 Å². The number of nitrogens with one attached hydrogen (secondary N) is 3. The van der Waals surface area contributed by atoms with E-state index in [-0.39, 0.29) is 17.3 Å². The van der Waals surface area contributed by atoms with Crippen molar-refractivity contribution >= 4 is 52.7 Å². The van der Waals surface area contributed by atoms with Crippen LogP contribution in [0.1, 0.15) is 10.4 Å². The molecule has 0 unspecified atom stereocenters. The van der Waals surface area contributed by atoms with Crippen LogP contribution < -0.4 is 20.7 Å². The first-order chi connectivity index (χ1) is 15.6. The first-order valence-corrected chi connectivity index (χ1v) is 10.1. The van der Waals surface area contributed by atoms with Crippen molar-refractivity contribution in [2.24, 2.45) is 7.05 Å². The largest absolute Gasteiger partial charge is 0.494 e. The summed E-state index contributed by atoms with van der Waals surface area (Å²) in [6.07, 6.45) is 2.30. The molecule has 3 N–H and O–H groups in total. The molecule has 168 valence electrons. The summed E-state index contributed by atoms with van der Waals surface area (Å²) in [7, 11) is 10.2. The number of hydrogen-bond acceptors (Lipinski definition) is 8. The van der Waals surface area contributed by atoms with E-state index in [4.69, 9.17) is 4.74 Å². The number of carbonyl (C=O) groups is 2. The highest BCUT2D eigenvalue weighted by Gasteiger charge is 2.21. The summed E-state index contributed by atoms with van der Waals surface area (Å²) in [5.41, 5.74) is 1.93. The fourth-order valence-corrected chi connectivity index (χ4v) is 3.01. The summed E-state index contributed by atoms with van der Waals surface area (Å²) in [5.74, 6) is 0.860. The Kier molecular flexibility index (Phi) is 6.95. The van der Waals surface area contributed by atoms with Crippen LogP contribution in [0.4, 0.5) is 22.0 Å². The lowest BCUT2D eigenvalue weighted by molar-refractivity contribution is 0.0953. The molecule has 2 aromatic heterocycles. The van der Waals surface area contributed by atoms with Gasteiger partial charge in [0.1, 0.15) is 35.7 Å². The van der Waals surface area contributed by atoms with E-state index in [1.807, 2.05) is 35.7 Å². The Bertz CT molecular complexity index is 1180. The maximum atomic E-state index is 12.9. The number of nitrogens with zero attached hydrogens (tertiary/aromatic N) is 4. The summed E-state index contributed by atoms with van der Waals surface area (Å²) in [4.78, 5) is 33.1. The second kappa shape index (κ2) is 9.68. The lowest BCUT2D eigenvalue weighted by atomic mass is 9.49. The highest BCUT2D eigenvalue weighted by molar-refractivity contribution is 6.60. The van der Waals surface area contributed by atoms with Crippen molar-refractivity contribution in [1.29, 1.82) is 0 Å².